The number of rotatable bonds is 6. The summed E-state index contributed by atoms with van der Waals surface area (Å²) in [7, 11) is 1.92. The summed E-state index contributed by atoms with van der Waals surface area (Å²) < 4.78 is 11.1. The molecule has 6 nitrogen and oxygen atoms in total. The number of ether oxygens (including phenoxy) is 2. The van der Waals surface area contributed by atoms with Crippen LogP contribution in [0.25, 0.3) is 0 Å². The highest BCUT2D eigenvalue weighted by atomic mass is 16.5. The predicted octanol–water partition coefficient (Wildman–Crippen LogP) is 1.33. The molecule has 0 aromatic carbocycles. The van der Waals surface area contributed by atoms with Gasteiger partial charge >= 0.3 is 0 Å². The first-order valence-electron chi connectivity index (χ1n) is 6.89. The summed E-state index contributed by atoms with van der Waals surface area (Å²) in [5.74, 6) is 1.32. The molecule has 20 heavy (non-hydrogen) atoms. The first-order valence-corrected chi connectivity index (χ1v) is 6.89. The lowest BCUT2D eigenvalue weighted by molar-refractivity contribution is -0.109. The molecule has 1 saturated heterocycles. The SMILES string of the molecule is CCOc1cc(OCC)c(C2CC(C=O)NN2C)cn1. The van der Waals surface area contributed by atoms with Gasteiger partial charge in [0.05, 0.1) is 25.3 Å². The van der Waals surface area contributed by atoms with Crippen LogP contribution in [0, 0.1) is 0 Å². The number of aromatic nitrogens is 1. The second kappa shape index (κ2) is 6.67. The Morgan fingerprint density at radius 3 is 2.80 bits per heavy atom. The summed E-state index contributed by atoms with van der Waals surface area (Å²) in [5.41, 5.74) is 4.08. The van der Waals surface area contributed by atoms with E-state index in [0.29, 0.717) is 25.5 Å². The highest BCUT2D eigenvalue weighted by Crippen LogP contribution is 2.35. The second-order valence-corrected chi connectivity index (χ2v) is 4.66. The Morgan fingerprint density at radius 2 is 2.20 bits per heavy atom. The second-order valence-electron chi connectivity index (χ2n) is 4.66. The number of carbonyl (C=O) groups excluding carboxylic acids is 1. The van der Waals surface area contributed by atoms with Gasteiger partial charge in [-0.15, -0.1) is 0 Å². The molecule has 110 valence electrons. The van der Waals surface area contributed by atoms with Gasteiger partial charge in [0.1, 0.15) is 12.0 Å². The average Bonchev–Trinajstić information content (AvgIpc) is 2.81. The number of nitrogens with one attached hydrogen (secondary N) is 1. The topological polar surface area (TPSA) is 63.7 Å². The minimum Gasteiger partial charge on any atom is -0.493 e. The third kappa shape index (κ3) is 3.08. The quantitative estimate of drug-likeness (QED) is 0.793. The molecular weight excluding hydrogens is 258 g/mol. The molecule has 0 saturated carbocycles. The number of nitrogens with zero attached hydrogens (tertiary/aromatic N) is 2. The van der Waals surface area contributed by atoms with Crippen LogP contribution < -0.4 is 14.9 Å². The highest BCUT2D eigenvalue weighted by Gasteiger charge is 2.32. The molecule has 0 spiro atoms. The summed E-state index contributed by atoms with van der Waals surface area (Å²) in [6.07, 6.45) is 3.40. The van der Waals surface area contributed by atoms with E-state index in [0.717, 1.165) is 17.6 Å². The molecule has 0 amide bonds. The van der Waals surface area contributed by atoms with Gasteiger partial charge in [-0.3, -0.25) is 0 Å². The van der Waals surface area contributed by atoms with Crippen LogP contribution >= 0.6 is 0 Å². The number of pyridine rings is 1. The van der Waals surface area contributed by atoms with Crippen molar-refractivity contribution in [3.05, 3.63) is 17.8 Å². The van der Waals surface area contributed by atoms with Gasteiger partial charge in [-0.25, -0.2) is 15.4 Å². The van der Waals surface area contributed by atoms with Crippen molar-refractivity contribution in [1.82, 2.24) is 15.4 Å². The van der Waals surface area contributed by atoms with Gasteiger partial charge in [0.25, 0.3) is 0 Å². The van der Waals surface area contributed by atoms with Gasteiger partial charge in [-0.1, -0.05) is 0 Å². The van der Waals surface area contributed by atoms with Crippen LogP contribution in [-0.2, 0) is 4.79 Å². The lowest BCUT2D eigenvalue weighted by Crippen LogP contribution is -2.33. The Hall–Kier alpha value is -1.66. The summed E-state index contributed by atoms with van der Waals surface area (Å²) in [6.45, 7) is 4.99. The van der Waals surface area contributed by atoms with E-state index in [2.05, 4.69) is 10.4 Å². The lowest BCUT2D eigenvalue weighted by Gasteiger charge is -2.21. The summed E-state index contributed by atoms with van der Waals surface area (Å²) in [5, 5.41) is 1.93. The fourth-order valence-electron chi connectivity index (χ4n) is 2.41. The van der Waals surface area contributed by atoms with E-state index < -0.39 is 0 Å². The molecule has 6 heteroatoms. The average molecular weight is 279 g/mol. The number of aldehydes is 1. The minimum absolute atomic E-state index is 0.0647. The molecular formula is C14H21N3O3. The van der Waals surface area contributed by atoms with Crippen LogP contribution in [0.2, 0.25) is 0 Å². The first-order chi connectivity index (χ1) is 9.69. The predicted molar refractivity (Wildman–Crippen MR) is 74.7 cm³/mol. The maximum absolute atomic E-state index is 10.9. The Balaban J connectivity index is 2.27. The molecule has 1 aromatic heterocycles. The zero-order chi connectivity index (χ0) is 14.5. The van der Waals surface area contributed by atoms with Gasteiger partial charge in [0.2, 0.25) is 5.88 Å². The minimum atomic E-state index is -0.161. The van der Waals surface area contributed by atoms with E-state index in [4.69, 9.17) is 9.47 Å². The van der Waals surface area contributed by atoms with Crippen molar-refractivity contribution in [2.24, 2.45) is 0 Å². The molecule has 2 unspecified atom stereocenters. The van der Waals surface area contributed by atoms with Crippen LogP contribution in [-0.4, -0.2) is 42.6 Å². The Morgan fingerprint density at radius 1 is 1.45 bits per heavy atom. The van der Waals surface area contributed by atoms with Gasteiger partial charge in [0.15, 0.2) is 0 Å². The van der Waals surface area contributed by atoms with E-state index in [1.807, 2.05) is 32.0 Å². The van der Waals surface area contributed by atoms with E-state index >= 15 is 0 Å². The van der Waals surface area contributed by atoms with Crippen LogP contribution in [0.3, 0.4) is 0 Å². The molecule has 1 fully saturated rings. The van der Waals surface area contributed by atoms with Gasteiger partial charge in [-0.2, -0.15) is 0 Å². The van der Waals surface area contributed by atoms with Crippen molar-refractivity contribution in [3.8, 4) is 11.6 Å². The van der Waals surface area contributed by atoms with Gasteiger partial charge in [-0.05, 0) is 20.3 Å². The maximum Gasteiger partial charge on any atom is 0.216 e. The third-order valence-electron chi connectivity index (χ3n) is 3.30. The molecule has 2 atom stereocenters. The van der Waals surface area contributed by atoms with Crippen LogP contribution in [0.1, 0.15) is 31.9 Å². The van der Waals surface area contributed by atoms with Gasteiger partial charge < -0.3 is 14.3 Å². The highest BCUT2D eigenvalue weighted by molar-refractivity contribution is 5.58. The Kier molecular flexibility index (Phi) is 4.92. The van der Waals surface area contributed by atoms with Crippen LogP contribution in [0.4, 0.5) is 0 Å². The van der Waals surface area contributed by atoms with Crippen molar-refractivity contribution >= 4 is 6.29 Å². The summed E-state index contributed by atoms with van der Waals surface area (Å²) in [4.78, 5) is 15.2. The normalized spacial score (nSPS) is 22.8. The molecule has 1 aliphatic rings. The molecule has 1 N–H and O–H groups in total. The lowest BCUT2D eigenvalue weighted by atomic mass is 10.0. The molecule has 2 heterocycles. The van der Waals surface area contributed by atoms with Crippen LogP contribution in [0.15, 0.2) is 12.3 Å². The standard InChI is InChI=1S/C14H21N3O3/c1-4-19-13-7-14(20-5-2)15-8-11(13)12-6-10(9-18)16-17(12)3/h7-10,12,16H,4-6H2,1-3H3. The van der Waals surface area contributed by atoms with E-state index in [9.17, 15) is 4.79 Å². The molecule has 0 radical (unpaired) electrons. The number of hydrogen-bond acceptors (Lipinski definition) is 6. The maximum atomic E-state index is 10.9. The largest absolute Gasteiger partial charge is 0.493 e. The van der Waals surface area contributed by atoms with E-state index in [1.165, 1.54) is 0 Å². The van der Waals surface area contributed by atoms with Crippen molar-refractivity contribution < 1.29 is 14.3 Å². The third-order valence-corrected chi connectivity index (χ3v) is 3.30. The number of hydrazine groups is 1. The fraction of sp³-hybridized carbons (Fsp3) is 0.571. The van der Waals surface area contributed by atoms with Crippen LogP contribution in [0.5, 0.6) is 11.6 Å². The van der Waals surface area contributed by atoms with Gasteiger partial charge in [0, 0.05) is 24.9 Å². The zero-order valence-corrected chi connectivity index (χ0v) is 12.1. The number of carbonyl (C=O) groups is 1. The molecule has 0 aliphatic carbocycles. The first kappa shape index (κ1) is 14.7. The van der Waals surface area contributed by atoms with E-state index in [1.54, 1.807) is 6.20 Å². The molecule has 2 rings (SSSR count). The van der Waals surface area contributed by atoms with Crippen molar-refractivity contribution in [2.45, 2.75) is 32.4 Å². The fourth-order valence-corrected chi connectivity index (χ4v) is 2.41. The molecule has 0 bridgehead atoms. The van der Waals surface area contributed by atoms with E-state index in [-0.39, 0.29) is 12.1 Å². The zero-order valence-electron chi connectivity index (χ0n) is 12.1. The van der Waals surface area contributed by atoms with Crippen molar-refractivity contribution in [2.75, 3.05) is 20.3 Å². The Bertz CT molecular complexity index is 467. The summed E-state index contributed by atoms with van der Waals surface area (Å²) in [6, 6.07) is 1.71. The van der Waals surface area contributed by atoms with Crippen molar-refractivity contribution in [1.29, 1.82) is 0 Å². The number of hydrogen-bond donors (Lipinski definition) is 1. The molecule has 1 aliphatic heterocycles. The van der Waals surface area contributed by atoms with Crippen molar-refractivity contribution in [3.63, 3.8) is 0 Å². The Labute approximate surface area is 119 Å². The molecule has 1 aromatic rings. The summed E-state index contributed by atoms with van der Waals surface area (Å²) >= 11 is 0. The monoisotopic (exact) mass is 279 g/mol. The smallest absolute Gasteiger partial charge is 0.216 e.